The Morgan fingerprint density at radius 3 is 2.57 bits per heavy atom. The number of benzene rings is 1. The number of halogens is 2. The number of carbonyl (C=O) groups is 1. The number of carbonyl (C=O) groups excluding carboxylic acids is 1. The standard InChI is InChI=1S/C8H7ClFNO3/c9-6-7(13)3(5(12)2-11)1-4(10)8(6)14/h1,13-14H,2,11H2. The van der Waals surface area contributed by atoms with Crippen LogP contribution in [0, 0.1) is 5.82 Å². The molecule has 0 unspecified atom stereocenters. The molecular weight excluding hydrogens is 213 g/mol. The number of rotatable bonds is 2. The minimum absolute atomic E-state index is 0.340. The number of phenolic OH excluding ortho intramolecular Hbond substituents is 2. The summed E-state index contributed by atoms with van der Waals surface area (Å²) in [6.45, 7) is -0.381. The van der Waals surface area contributed by atoms with Crippen molar-refractivity contribution in [2.75, 3.05) is 6.54 Å². The smallest absolute Gasteiger partial charge is 0.180 e. The van der Waals surface area contributed by atoms with E-state index in [2.05, 4.69) is 0 Å². The Bertz CT molecular complexity index is 395. The summed E-state index contributed by atoms with van der Waals surface area (Å²) in [4.78, 5) is 11.1. The minimum Gasteiger partial charge on any atom is -0.505 e. The third kappa shape index (κ3) is 1.64. The van der Waals surface area contributed by atoms with Gasteiger partial charge in [-0.15, -0.1) is 0 Å². The lowest BCUT2D eigenvalue weighted by Gasteiger charge is -2.06. The van der Waals surface area contributed by atoms with Gasteiger partial charge >= 0.3 is 0 Å². The van der Waals surface area contributed by atoms with Crippen LogP contribution in [0.1, 0.15) is 10.4 Å². The molecule has 1 aromatic carbocycles. The van der Waals surface area contributed by atoms with Gasteiger partial charge in [0.25, 0.3) is 0 Å². The van der Waals surface area contributed by atoms with E-state index in [-0.39, 0.29) is 12.1 Å². The first-order valence-electron chi connectivity index (χ1n) is 3.62. The largest absolute Gasteiger partial charge is 0.505 e. The maximum Gasteiger partial charge on any atom is 0.180 e. The van der Waals surface area contributed by atoms with Crippen LogP contribution >= 0.6 is 11.6 Å². The van der Waals surface area contributed by atoms with Crippen molar-refractivity contribution in [2.45, 2.75) is 0 Å². The molecule has 0 aromatic heterocycles. The lowest BCUT2D eigenvalue weighted by Crippen LogP contribution is -2.14. The number of hydrogen-bond acceptors (Lipinski definition) is 4. The molecule has 0 aliphatic heterocycles. The van der Waals surface area contributed by atoms with Crippen LogP contribution in [0.25, 0.3) is 0 Å². The number of hydrogen-bond donors (Lipinski definition) is 3. The molecule has 0 bridgehead atoms. The van der Waals surface area contributed by atoms with Crippen molar-refractivity contribution in [1.29, 1.82) is 0 Å². The molecule has 0 amide bonds. The summed E-state index contributed by atoms with van der Waals surface area (Å²) in [5.74, 6) is -3.30. The van der Waals surface area contributed by atoms with Gasteiger partial charge in [0, 0.05) is 0 Å². The van der Waals surface area contributed by atoms with Crippen molar-refractivity contribution < 1.29 is 19.4 Å². The lowest BCUT2D eigenvalue weighted by atomic mass is 10.1. The summed E-state index contributed by atoms with van der Waals surface area (Å²) in [6.07, 6.45) is 0. The van der Waals surface area contributed by atoms with Gasteiger partial charge in [-0.1, -0.05) is 11.6 Å². The van der Waals surface area contributed by atoms with Crippen LogP contribution in [0.2, 0.25) is 5.02 Å². The van der Waals surface area contributed by atoms with Crippen LogP contribution in [-0.2, 0) is 0 Å². The van der Waals surface area contributed by atoms with E-state index in [4.69, 9.17) is 22.4 Å². The summed E-state index contributed by atoms with van der Waals surface area (Å²) >= 11 is 5.36. The van der Waals surface area contributed by atoms with E-state index >= 15 is 0 Å². The fraction of sp³-hybridized carbons (Fsp3) is 0.125. The summed E-state index contributed by atoms with van der Waals surface area (Å²) in [6, 6.07) is 0.686. The van der Waals surface area contributed by atoms with Crippen LogP contribution in [0.4, 0.5) is 4.39 Å². The zero-order chi connectivity index (χ0) is 10.9. The molecule has 4 N–H and O–H groups in total. The van der Waals surface area contributed by atoms with E-state index in [0.29, 0.717) is 6.07 Å². The number of aromatic hydroxyl groups is 2. The van der Waals surface area contributed by atoms with Crippen molar-refractivity contribution >= 4 is 17.4 Å². The van der Waals surface area contributed by atoms with Crippen molar-refractivity contribution in [1.82, 2.24) is 0 Å². The number of phenols is 2. The molecule has 1 rings (SSSR count). The van der Waals surface area contributed by atoms with E-state index in [1.165, 1.54) is 0 Å². The Morgan fingerprint density at radius 1 is 1.50 bits per heavy atom. The average Bonchev–Trinajstić information content (AvgIpc) is 2.19. The highest BCUT2D eigenvalue weighted by atomic mass is 35.5. The minimum atomic E-state index is -1.08. The third-order valence-corrected chi connectivity index (χ3v) is 2.01. The molecule has 1 aromatic rings. The van der Waals surface area contributed by atoms with Crippen molar-refractivity contribution in [3.8, 4) is 11.5 Å². The van der Waals surface area contributed by atoms with Gasteiger partial charge in [-0.25, -0.2) is 4.39 Å². The zero-order valence-electron chi connectivity index (χ0n) is 6.92. The summed E-state index contributed by atoms with van der Waals surface area (Å²) in [7, 11) is 0. The van der Waals surface area contributed by atoms with Crippen molar-refractivity contribution in [3.63, 3.8) is 0 Å². The fourth-order valence-corrected chi connectivity index (χ4v) is 1.11. The van der Waals surface area contributed by atoms with Crippen LogP contribution in [-0.4, -0.2) is 22.5 Å². The molecule has 0 aliphatic rings. The maximum absolute atomic E-state index is 12.9. The number of ketones is 1. The lowest BCUT2D eigenvalue weighted by molar-refractivity contribution is 0.0998. The third-order valence-electron chi connectivity index (χ3n) is 1.65. The zero-order valence-corrected chi connectivity index (χ0v) is 7.68. The monoisotopic (exact) mass is 219 g/mol. The topological polar surface area (TPSA) is 83.6 Å². The van der Waals surface area contributed by atoms with Gasteiger partial charge in [0.1, 0.15) is 10.8 Å². The molecular formula is C8H7ClFNO3. The Kier molecular flexibility index (Phi) is 2.93. The molecule has 0 saturated carbocycles. The van der Waals surface area contributed by atoms with Gasteiger partial charge in [-0.05, 0) is 6.07 Å². The number of Topliss-reactive ketones (excluding diaryl/α,β-unsaturated/α-hetero) is 1. The Hall–Kier alpha value is -1.33. The van der Waals surface area contributed by atoms with Crippen molar-refractivity contribution in [2.24, 2.45) is 5.73 Å². The second-order valence-corrected chi connectivity index (χ2v) is 2.92. The molecule has 0 heterocycles. The van der Waals surface area contributed by atoms with E-state index in [1.807, 2.05) is 0 Å². The first kappa shape index (κ1) is 10.7. The highest BCUT2D eigenvalue weighted by Gasteiger charge is 2.19. The molecule has 14 heavy (non-hydrogen) atoms. The Balaban J connectivity index is 3.40. The van der Waals surface area contributed by atoms with Gasteiger partial charge < -0.3 is 15.9 Å². The van der Waals surface area contributed by atoms with Gasteiger partial charge in [-0.3, -0.25) is 4.79 Å². The van der Waals surface area contributed by atoms with Gasteiger partial charge in [0.05, 0.1) is 12.1 Å². The van der Waals surface area contributed by atoms with E-state index in [1.54, 1.807) is 0 Å². The normalized spacial score (nSPS) is 10.2. The highest BCUT2D eigenvalue weighted by Crippen LogP contribution is 2.37. The van der Waals surface area contributed by atoms with Crippen LogP contribution < -0.4 is 5.73 Å². The summed E-state index contributed by atoms with van der Waals surface area (Å²) < 4.78 is 12.9. The summed E-state index contributed by atoms with van der Waals surface area (Å²) in [5.41, 5.74) is 4.68. The molecule has 0 saturated heterocycles. The quantitative estimate of drug-likeness (QED) is 0.649. The number of nitrogens with two attached hydrogens (primary N) is 1. The van der Waals surface area contributed by atoms with Crippen LogP contribution in [0.3, 0.4) is 0 Å². The van der Waals surface area contributed by atoms with Crippen LogP contribution in [0.15, 0.2) is 6.07 Å². The first-order chi connectivity index (χ1) is 6.49. The molecule has 6 heteroatoms. The Labute approximate surface area is 83.7 Å². The van der Waals surface area contributed by atoms with Gasteiger partial charge in [-0.2, -0.15) is 0 Å². The average molecular weight is 220 g/mol. The SMILES string of the molecule is NCC(=O)c1cc(F)c(O)c(Cl)c1O. The van der Waals surface area contributed by atoms with E-state index in [9.17, 15) is 14.3 Å². The van der Waals surface area contributed by atoms with Gasteiger partial charge in [0.2, 0.25) is 0 Å². The summed E-state index contributed by atoms with van der Waals surface area (Å²) in [5, 5.41) is 17.6. The van der Waals surface area contributed by atoms with Crippen molar-refractivity contribution in [3.05, 3.63) is 22.5 Å². The molecule has 4 nitrogen and oxygen atoms in total. The highest BCUT2D eigenvalue weighted by molar-refractivity contribution is 6.34. The first-order valence-corrected chi connectivity index (χ1v) is 4.00. The molecule has 0 spiro atoms. The Morgan fingerprint density at radius 2 is 2.07 bits per heavy atom. The molecule has 0 atom stereocenters. The maximum atomic E-state index is 12.9. The predicted molar refractivity (Wildman–Crippen MR) is 48.1 cm³/mol. The van der Waals surface area contributed by atoms with E-state index in [0.717, 1.165) is 0 Å². The predicted octanol–water partition coefficient (Wildman–Crippen LogP) is 1.03. The molecule has 0 aliphatic carbocycles. The van der Waals surface area contributed by atoms with Crippen LogP contribution in [0.5, 0.6) is 11.5 Å². The van der Waals surface area contributed by atoms with Gasteiger partial charge in [0.15, 0.2) is 17.3 Å². The second kappa shape index (κ2) is 3.81. The molecule has 76 valence electrons. The molecule has 0 fully saturated rings. The fourth-order valence-electron chi connectivity index (χ4n) is 0.921. The molecule has 0 radical (unpaired) electrons. The second-order valence-electron chi connectivity index (χ2n) is 2.54. The van der Waals surface area contributed by atoms with E-state index < -0.39 is 28.1 Å².